The fraction of sp³-hybridized carbons (Fsp3) is 0.364. The molecule has 1 aliphatic rings. The first-order chi connectivity index (χ1) is 13.7. The number of rotatable bonds is 8. The van der Waals surface area contributed by atoms with Gasteiger partial charge in [-0.1, -0.05) is 12.1 Å². The van der Waals surface area contributed by atoms with Crippen molar-refractivity contribution in [3.8, 4) is 0 Å². The Morgan fingerprint density at radius 1 is 1.14 bits per heavy atom. The van der Waals surface area contributed by atoms with E-state index in [1.807, 2.05) is 17.0 Å². The third-order valence-electron chi connectivity index (χ3n) is 4.73. The molecule has 0 atom stereocenters. The number of hydrogen-bond donors (Lipinski definition) is 0. The molecule has 1 aromatic heterocycles. The number of carbonyl (C=O) groups excluding carboxylic acids is 1. The number of pyridine rings is 1. The molecule has 3 rings (SSSR count). The maximum Gasteiger partial charge on any atom is 0.246 e. The maximum atomic E-state index is 13.0. The van der Waals surface area contributed by atoms with Gasteiger partial charge in [-0.3, -0.25) is 14.7 Å². The molecule has 0 unspecified atom stereocenters. The van der Waals surface area contributed by atoms with Gasteiger partial charge in [0.25, 0.3) is 0 Å². The zero-order valence-corrected chi connectivity index (χ0v) is 16.0. The summed E-state index contributed by atoms with van der Waals surface area (Å²) in [6, 6.07) is 9.94. The summed E-state index contributed by atoms with van der Waals surface area (Å²) in [7, 11) is 0. The highest BCUT2D eigenvalue weighted by Crippen LogP contribution is 2.09. The number of benzene rings is 1. The van der Waals surface area contributed by atoms with Crippen LogP contribution in [0.5, 0.6) is 0 Å². The van der Waals surface area contributed by atoms with Gasteiger partial charge < -0.3 is 9.64 Å². The van der Waals surface area contributed by atoms with E-state index in [1.165, 1.54) is 12.1 Å². The Bertz CT molecular complexity index is 759. The van der Waals surface area contributed by atoms with Crippen LogP contribution in [-0.4, -0.2) is 60.1 Å². The lowest BCUT2D eigenvalue weighted by Gasteiger charge is -2.28. The molecule has 1 aliphatic heterocycles. The number of nitrogens with zero attached hydrogens (tertiary/aromatic N) is 3. The third kappa shape index (κ3) is 6.55. The summed E-state index contributed by atoms with van der Waals surface area (Å²) >= 11 is 0. The first-order valence-corrected chi connectivity index (χ1v) is 9.62. The van der Waals surface area contributed by atoms with Gasteiger partial charge in [0.1, 0.15) is 5.82 Å². The number of hydrogen-bond acceptors (Lipinski definition) is 4. The molecular formula is C22H26FN3O2. The Morgan fingerprint density at radius 3 is 2.57 bits per heavy atom. The number of carbonyl (C=O) groups is 1. The third-order valence-corrected chi connectivity index (χ3v) is 4.73. The minimum atomic E-state index is -0.286. The van der Waals surface area contributed by atoms with Gasteiger partial charge in [0, 0.05) is 51.2 Å². The fourth-order valence-corrected chi connectivity index (χ4v) is 3.13. The quantitative estimate of drug-likeness (QED) is 0.658. The predicted octanol–water partition coefficient (Wildman–Crippen LogP) is 2.99. The molecule has 2 aromatic rings. The van der Waals surface area contributed by atoms with E-state index in [1.54, 1.807) is 36.7 Å². The minimum absolute atomic E-state index is 0.0527. The summed E-state index contributed by atoms with van der Waals surface area (Å²) in [5.41, 5.74) is 1.84. The van der Waals surface area contributed by atoms with Gasteiger partial charge in [-0.15, -0.1) is 0 Å². The van der Waals surface area contributed by atoms with Crippen LogP contribution in [0.2, 0.25) is 0 Å². The highest BCUT2D eigenvalue weighted by molar-refractivity contribution is 5.91. The lowest BCUT2D eigenvalue weighted by molar-refractivity contribution is -0.126. The smallest absolute Gasteiger partial charge is 0.246 e. The molecular weight excluding hydrogens is 357 g/mol. The van der Waals surface area contributed by atoms with Crippen LogP contribution in [0.25, 0.3) is 6.08 Å². The number of ether oxygens (including phenoxy) is 1. The van der Waals surface area contributed by atoms with Crippen molar-refractivity contribution in [2.45, 2.75) is 13.0 Å². The van der Waals surface area contributed by atoms with Gasteiger partial charge in [0.2, 0.25) is 5.91 Å². The molecule has 1 fully saturated rings. The first-order valence-electron chi connectivity index (χ1n) is 9.62. The molecule has 1 amide bonds. The van der Waals surface area contributed by atoms with E-state index in [0.29, 0.717) is 13.1 Å². The second kappa shape index (κ2) is 10.7. The van der Waals surface area contributed by atoms with E-state index in [9.17, 15) is 9.18 Å². The molecule has 5 nitrogen and oxygen atoms in total. The normalized spacial score (nSPS) is 15.0. The SMILES string of the molecule is O=C(/C=C\c1ccc(F)cc1)N(CCCN1CCOCC1)Cc1ccncc1. The zero-order chi connectivity index (χ0) is 19.6. The summed E-state index contributed by atoms with van der Waals surface area (Å²) in [6.45, 7) is 5.61. The predicted molar refractivity (Wildman–Crippen MR) is 107 cm³/mol. The van der Waals surface area contributed by atoms with Crippen molar-refractivity contribution in [3.63, 3.8) is 0 Å². The van der Waals surface area contributed by atoms with E-state index >= 15 is 0 Å². The second-order valence-electron chi connectivity index (χ2n) is 6.81. The van der Waals surface area contributed by atoms with Crippen LogP contribution in [-0.2, 0) is 16.1 Å². The number of amides is 1. The van der Waals surface area contributed by atoms with Crippen molar-refractivity contribution in [1.29, 1.82) is 0 Å². The summed E-state index contributed by atoms with van der Waals surface area (Å²) in [4.78, 5) is 21.0. The van der Waals surface area contributed by atoms with Crippen LogP contribution in [0.15, 0.2) is 54.9 Å². The monoisotopic (exact) mass is 383 g/mol. The van der Waals surface area contributed by atoms with E-state index in [2.05, 4.69) is 9.88 Å². The Morgan fingerprint density at radius 2 is 1.86 bits per heavy atom. The van der Waals surface area contributed by atoms with Crippen LogP contribution in [0.1, 0.15) is 17.5 Å². The van der Waals surface area contributed by atoms with Crippen molar-refractivity contribution in [2.75, 3.05) is 39.4 Å². The minimum Gasteiger partial charge on any atom is -0.379 e. The van der Waals surface area contributed by atoms with Crippen LogP contribution >= 0.6 is 0 Å². The molecule has 0 N–H and O–H groups in total. The van der Waals surface area contributed by atoms with Crippen LogP contribution in [0, 0.1) is 5.82 Å². The number of morpholine rings is 1. The molecule has 0 saturated carbocycles. The highest BCUT2D eigenvalue weighted by Gasteiger charge is 2.14. The Hall–Kier alpha value is -2.57. The number of aromatic nitrogens is 1. The molecule has 0 aliphatic carbocycles. The van der Waals surface area contributed by atoms with E-state index < -0.39 is 0 Å². The van der Waals surface area contributed by atoms with Gasteiger partial charge in [-0.25, -0.2) is 4.39 Å². The van der Waals surface area contributed by atoms with Crippen molar-refractivity contribution < 1.29 is 13.9 Å². The summed E-state index contributed by atoms with van der Waals surface area (Å²) in [6.07, 6.45) is 7.66. The molecule has 148 valence electrons. The molecule has 0 bridgehead atoms. The van der Waals surface area contributed by atoms with E-state index in [4.69, 9.17) is 4.74 Å². The van der Waals surface area contributed by atoms with Crippen molar-refractivity contribution in [2.24, 2.45) is 0 Å². The lowest BCUT2D eigenvalue weighted by atomic mass is 10.2. The Labute approximate surface area is 165 Å². The average Bonchev–Trinajstić information content (AvgIpc) is 2.74. The Balaban J connectivity index is 1.60. The van der Waals surface area contributed by atoms with Crippen LogP contribution in [0.3, 0.4) is 0 Å². The highest BCUT2D eigenvalue weighted by atomic mass is 19.1. The van der Waals surface area contributed by atoms with Crippen molar-refractivity contribution >= 4 is 12.0 Å². The van der Waals surface area contributed by atoms with Gasteiger partial charge in [-0.05, 0) is 47.9 Å². The van der Waals surface area contributed by atoms with Crippen LogP contribution < -0.4 is 0 Å². The van der Waals surface area contributed by atoms with Gasteiger partial charge in [0.05, 0.1) is 13.2 Å². The average molecular weight is 383 g/mol. The Kier molecular flexibility index (Phi) is 7.70. The standard InChI is InChI=1S/C22H26FN3O2/c23-21-5-2-19(3-6-21)4-7-22(27)26(18-20-8-10-24-11-9-20)13-1-12-25-14-16-28-17-15-25/h2-11H,1,12-18H2/b7-4-. The maximum absolute atomic E-state index is 13.0. The molecule has 0 spiro atoms. The molecule has 0 radical (unpaired) electrons. The molecule has 28 heavy (non-hydrogen) atoms. The fourth-order valence-electron chi connectivity index (χ4n) is 3.13. The second-order valence-corrected chi connectivity index (χ2v) is 6.81. The van der Waals surface area contributed by atoms with Gasteiger partial charge in [-0.2, -0.15) is 0 Å². The van der Waals surface area contributed by atoms with E-state index in [-0.39, 0.29) is 11.7 Å². The molecule has 6 heteroatoms. The van der Waals surface area contributed by atoms with Gasteiger partial charge >= 0.3 is 0 Å². The van der Waals surface area contributed by atoms with E-state index in [0.717, 1.165) is 50.4 Å². The zero-order valence-electron chi connectivity index (χ0n) is 16.0. The summed E-state index contributed by atoms with van der Waals surface area (Å²) < 4.78 is 18.4. The molecule has 2 heterocycles. The first kappa shape index (κ1) is 20.2. The van der Waals surface area contributed by atoms with Gasteiger partial charge in [0.15, 0.2) is 0 Å². The number of halogens is 1. The molecule has 1 aromatic carbocycles. The summed E-state index contributed by atoms with van der Waals surface area (Å²) in [5.74, 6) is -0.339. The summed E-state index contributed by atoms with van der Waals surface area (Å²) in [5, 5.41) is 0. The van der Waals surface area contributed by atoms with Crippen LogP contribution in [0.4, 0.5) is 4.39 Å². The molecule has 1 saturated heterocycles. The van der Waals surface area contributed by atoms with Crippen molar-refractivity contribution in [1.82, 2.24) is 14.8 Å². The lowest BCUT2D eigenvalue weighted by Crippen LogP contribution is -2.38. The largest absolute Gasteiger partial charge is 0.379 e. The van der Waals surface area contributed by atoms with Crippen molar-refractivity contribution in [3.05, 3.63) is 71.8 Å². The topological polar surface area (TPSA) is 45.7 Å².